The first-order valence-corrected chi connectivity index (χ1v) is 23.3. The van der Waals surface area contributed by atoms with Gasteiger partial charge in [0.2, 0.25) is 17.7 Å². The van der Waals surface area contributed by atoms with Crippen molar-refractivity contribution in [1.82, 2.24) is 45.1 Å². The van der Waals surface area contributed by atoms with E-state index in [4.69, 9.17) is 25.0 Å². The summed E-state index contributed by atoms with van der Waals surface area (Å²) in [4.78, 5) is 78.0. The number of ether oxygens (including phenoxy) is 3. The third kappa shape index (κ3) is 10.4. The first-order valence-electron chi connectivity index (χ1n) is 23.3. The maximum absolute atomic E-state index is 13.3. The lowest BCUT2D eigenvalue weighted by atomic mass is 9.90. The number of piperidine rings is 1. The van der Waals surface area contributed by atoms with Crippen molar-refractivity contribution >= 4 is 46.4 Å². The van der Waals surface area contributed by atoms with Gasteiger partial charge in [-0.1, -0.05) is 30.3 Å². The Morgan fingerprint density at radius 2 is 1.51 bits per heavy atom. The summed E-state index contributed by atoms with van der Waals surface area (Å²) >= 11 is 0. The highest BCUT2D eigenvalue weighted by Crippen LogP contribution is 2.38. The number of nitrogens with two attached hydrogens (primary N) is 1. The molecule has 4 aliphatic rings. The zero-order valence-electron chi connectivity index (χ0n) is 37.4. The van der Waals surface area contributed by atoms with Crippen molar-refractivity contribution in [2.24, 2.45) is 0 Å². The summed E-state index contributed by atoms with van der Waals surface area (Å²) < 4.78 is 19.6. The quantitative estimate of drug-likeness (QED) is 0.0832. The fraction of sp³-hybridized carbons (Fsp3) is 0.429. The van der Waals surface area contributed by atoms with Crippen LogP contribution in [0.4, 0.5) is 5.82 Å². The number of anilines is 1. The van der Waals surface area contributed by atoms with Crippen LogP contribution in [0.15, 0.2) is 79.1 Å². The van der Waals surface area contributed by atoms with E-state index >= 15 is 0 Å². The van der Waals surface area contributed by atoms with Crippen LogP contribution in [0.3, 0.4) is 0 Å². The molecule has 5 heterocycles. The van der Waals surface area contributed by atoms with E-state index in [2.05, 4.69) is 35.1 Å². The van der Waals surface area contributed by atoms with E-state index in [1.807, 2.05) is 54.6 Å². The normalized spacial score (nSPS) is 20.3. The van der Waals surface area contributed by atoms with Gasteiger partial charge in [0.1, 0.15) is 35.4 Å². The fourth-order valence-electron chi connectivity index (χ4n) is 9.69. The van der Waals surface area contributed by atoms with Gasteiger partial charge in [0, 0.05) is 63.7 Å². The first kappa shape index (κ1) is 45.6. The Bertz CT molecular complexity index is 2590. The van der Waals surface area contributed by atoms with E-state index in [1.54, 1.807) is 18.2 Å². The van der Waals surface area contributed by atoms with Crippen LogP contribution in [0, 0.1) is 0 Å². The van der Waals surface area contributed by atoms with Gasteiger partial charge < -0.3 is 25.3 Å². The molecule has 1 aliphatic carbocycles. The van der Waals surface area contributed by atoms with Gasteiger partial charge in [0.05, 0.1) is 49.0 Å². The molecule has 9 rings (SSSR count). The highest BCUT2D eigenvalue weighted by Gasteiger charge is 2.45. The monoisotopic (exact) mass is 912 g/mol. The maximum atomic E-state index is 13.3. The third-order valence-corrected chi connectivity index (χ3v) is 13.2. The fourth-order valence-corrected chi connectivity index (χ4v) is 9.69. The van der Waals surface area contributed by atoms with Crippen LogP contribution in [0.5, 0.6) is 11.5 Å². The minimum atomic E-state index is -1.04. The second-order valence-corrected chi connectivity index (χ2v) is 17.4. The molecule has 2 saturated heterocycles. The molecular weight excluding hydrogens is 857 g/mol. The molecule has 0 spiro atoms. The van der Waals surface area contributed by atoms with Crippen LogP contribution in [0.25, 0.3) is 22.3 Å². The summed E-state index contributed by atoms with van der Waals surface area (Å²) in [5.41, 5.74) is 9.89. The lowest BCUT2D eigenvalue weighted by molar-refractivity contribution is -0.136. The molecule has 5 amide bonds. The molecule has 18 nitrogen and oxygen atoms in total. The van der Waals surface area contributed by atoms with Crippen molar-refractivity contribution in [3.05, 3.63) is 95.8 Å². The van der Waals surface area contributed by atoms with E-state index in [1.165, 1.54) is 6.33 Å². The van der Waals surface area contributed by atoms with Gasteiger partial charge in [-0.25, -0.2) is 14.6 Å². The second-order valence-electron chi connectivity index (χ2n) is 17.4. The molecule has 5 aromatic rings. The van der Waals surface area contributed by atoms with E-state index < -0.39 is 29.7 Å². The molecule has 1 saturated carbocycles. The molecule has 2 aromatic heterocycles. The highest BCUT2D eigenvalue weighted by atomic mass is 16.5. The third-order valence-electron chi connectivity index (χ3n) is 13.2. The zero-order valence-corrected chi connectivity index (χ0v) is 37.4. The molecule has 350 valence electrons. The van der Waals surface area contributed by atoms with Gasteiger partial charge in [-0.2, -0.15) is 5.10 Å². The number of carbonyl (C=O) groups excluding carboxylic acids is 5. The van der Waals surface area contributed by atoms with Gasteiger partial charge in [0.15, 0.2) is 5.65 Å². The van der Waals surface area contributed by atoms with Gasteiger partial charge >= 0.3 is 0 Å². The number of fused-ring (bicyclic) bond motifs is 2. The molecule has 67 heavy (non-hydrogen) atoms. The van der Waals surface area contributed by atoms with Crippen LogP contribution >= 0.6 is 0 Å². The van der Waals surface area contributed by atoms with E-state index in [0.29, 0.717) is 50.4 Å². The number of hydrogen-bond donors (Lipinski definition) is 3. The standard InChI is InChI=1S/C49H56N10O8/c50-45-43-44(33-9-16-37(17-10-33)67-36-6-2-1-3-7-36)55-59(46(43)53-31-52-45)35-14-12-34(13-15-35)57-24-22-56(23-25-57)26-28-66-30-29-65-27-21-51-40(60)19-11-32-5-4-8-38-42(32)49(64)58(48(38)63)39-18-20-41(61)54-47(39)62/h1-10,16-17,31,34-35,39H,11-15,18-30H2,(H,51,60)(H2,50,52,53)(H,54,61,62). The lowest BCUT2D eigenvalue weighted by Crippen LogP contribution is -2.54. The summed E-state index contributed by atoms with van der Waals surface area (Å²) in [5.74, 6) is -0.506. The molecule has 3 aromatic carbocycles. The van der Waals surface area contributed by atoms with Crippen LogP contribution in [-0.2, 0) is 30.3 Å². The lowest BCUT2D eigenvalue weighted by Gasteiger charge is -2.42. The van der Waals surface area contributed by atoms with Crippen molar-refractivity contribution in [3.8, 4) is 22.8 Å². The number of nitrogens with one attached hydrogen (secondary N) is 2. The smallest absolute Gasteiger partial charge is 0.262 e. The number of rotatable bonds is 18. The van der Waals surface area contributed by atoms with Gasteiger partial charge in [-0.05, 0) is 86.6 Å². The molecule has 1 unspecified atom stereocenters. The average Bonchev–Trinajstić information content (AvgIpc) is 3.86. The van der Waals surface area contributed by atoms with Crippen molar-refractivity contribution in [3.63, 3.8) is 0 Å². The summed E-state index contributed by atoms with van der Waals surface area (Å²) in [5, 5.41) is 10.9. The van der Waals surface area contributed by atoms with E-state index in [-0.39, 0.29) is 48.8 Å². The van der Waals surface area contributed by atoms with Crippen LogP contribution in [-0.4, -0.2) is 142 Å². The second kappa shape index (κ2) is 20.9. The summed E-state index contributed by atoms with van der Waals surface area (Å²) in [6.07, 6.45) is 6.20. The number of imide groups is 2. The number of aryl methyl sites for hydroxylation is 1. The van der Waals surface area contributed by atoms with Gasteiger partial charge in [-0.3, -0.25) is 44.0 Å². The van der Waals surface area contributed by atoms with Crippen LogP contribution in [0.1, 0.15) is 77.3 Å². The van der Waals surface area contributed by atoms with E-state index in [0.717, 1.165) is 97.1 Å². The molecule has 4 N–H and O–H groups in total. The van der Waals surface area contributed by atoms with Gasteiger partial charge in [0.25, 0.3) is 11.8 Å². The molecule has 1 atom stereocenters. The summed E-state index contributed by atoms with van der Waals surface area (Å²) in [7, 11) is 0. The molecule has 3 aliphatic heterocycles. The minimum absolute atomic E-state index is 0.0464. The number of piperazine rings is 1. The van der Waals surface area contributed by atoms with Crippen molar-refractivity contribution < 1.29 is 38.2 Å². The van der Waals surface area contributed by atoms with E-state index in [9.17, 15) is 24.0 Å². The average molecular weight is 913 g/mol. The zero-order chi connectivity index (χ0) is 46.3. The Balaban J connectivity index is 0.639. The number of carbonyl (C=O) groups is 5. The van der Waals surface area contributed by atoms with Crippen molar-refractivity contribution in [2.45, 2.75) is 69.5 Å². The number of hydrogen-bond acceptors (Lipinski definition) is 14. The molecule has 3 fully saturated rings. The van der Waals surface area contributed by atoms with Gasteiger partial charge in [-0.15, -0.1) is 0 Å². The molecular formula is C49H56N10O8. The van der Waals surface area contributed by atoms with Crippen molar-refractivity contribution in [1.29, 1.82) is 0 Å². The Morgan fingerprint density at radius 1 is 0.776 bits per heavy atom. The maximum Gasteiger partial charge on any atom is 0.262 e. The summed E-state index contributed by atoms with van der Waals surface area (Å²) in [6, 6.07) is 22.2. The molecule has 18 heteroatoms. The predicted octanol–water partition coefficient (Wildman–Crippen LogP) is 4.15. The molecule has 0 bridgehead atoms. The highest BCUT2D eigenvalue weighted by molar-refractivity contribution is 6.24. The number of para-hydroxylation sites is 1. The minimum Gasteiger partial charge on any atom is -0.457 e. The largest absolute Gasteiger partial charge is 0.457 e. The number of amides is 5. The van der Waals surface area contributed by atoms with Crippen LogP contribution < -0.4 is 21.1 Å². The summed E-state index contributed by atoms with van der Waals surface area (Å²) in [6.45, 7) is 7.06. The number of nitrogen functional groups attached to an aromatic ring is 1. The number of nitrogens with zero attached hydrogens (tertiary/aromatic N) is 7. The SMILES string of the molecule is Nc1ncnc2c1c(-c1ccc(Oc3ccccc3)cc1)nn2C1CCC(N2CCN(CCOCCOCCNC(=O)CCc3cccc4c3C(=O)N(C3CCC(=O)NC3=O)C4=O)CC2)CC1. The Labute approximate surface area is 388 Å². The van der Waals surface area contributed by atoms with Crippen molar-refractivity contribution in [2.75, 3.05) is 71.4 Å². The molecule has 0 radical (unpaired) electrons. The number of aromatic nitrogens is 4. The Kier molecular flexibility index (Phi) is 14.2. The van der Waals surface area contributed by atoms with Crippen LogP contribution in [0.2, 0.25) is 0 Å². The Morgan fingerprint density at radius 3 is 2.27 bits per heavy atom. The topological polar surface area (TPSA) is 216 Å². The first-order chi connectivity index (χ1) is 32.7. The predicted molar refractivity (Wildman–Crippen MR) is 247 cm³/mol. The number of benzene rings is 3. The Hall–Kier alpha value is -6.60.